The van der Waals surface area contributed by atoms with Crippen molar-refractivity contribution in [2.45, 2.75) is 38.2 Å². The van der Waals surface area contributed by atoms with Crippen LogP contribution >= 0.6 is 0 Å². The summed E-state index contributed by atoms with van der Waals surface area (Å²) in [6, 6.07) is 6.04. The second-order valence-corrected chi connectivity index (χ2v) is 6.84. The molecule has 1 saturated heterocycles. The van der Waals surface area contributed by atoms with Crippen molar-refractivity contribution >= 4 is 5.82 Å². The predicted octanol–water partition coefficient (Wildman–Crippen LogP) is 3.24. The minimum absolute atomic E-state index is 0.132. The van der Waals surface area contributed by atoms with Crippen LogP contribution in [-0.2, 0) is 11.2 Å². The molecule has 2 aromatic rings. The normalized spacial score (nSPS) is 22.2. The molecule has 1 aromatic carbocycles. The number of hydrogen-bond donors (Lipinski definition) is 1. The monoisotopic (exact) mass is 341 g/mol. The van der Waals surface area contributed by atoms with E-state index in [0.29, 0.717) is 13.2 Å². The summed E-state index contributed by atoms with van der Waals surface area (Å²) in [5.41, 5.74) is 3.43. The largest absolute Gasteiger partial charge is 0.486 e. The van der Waals surface area contributed by atoms with Gasteiger partial charge in [0.15, 0.2) is 11.5 Å². The summed E-state index contributed by atoms with van der Waals surface area (Å²) < 4.78 is 19.4. The van der Waals surface area contributed by atoms with E-state index in [1.165, 1.54) is 18.4 Å². The van der Waals surface area contributed by atoms with Crippen LogP contribution in [0.2, 0.25) is 0 Å². The molecular formula is C19H23N3O3. The zero-order valence-corrected chi connectivity index (χ0v) is 14.3. The molecule has 6 heteroatoms. The van der Waals surface area contributed by atoms with Gasteiger partial charge in [-0.1, -0.05) is 0 Å². The quantitative estimate of drug-likeness (QED) is 0.909. The Morgan fingerprint density at radius 1 is 1.04 bits per heavy atom. The molecule has 4 heterocycles. The van der Waals surface area contributed by atoms with Crippen LogP contribution in [0.1, 0.15) is 43.0 Å². The van der Waals surface area contributed by atoms with Gasteiger partial charge >= 0.3 is 0 Å². The van der Waals surface area contributed by atoms with Gasteiger partial charge in [0.2, 0.25) is 0 Å². The van der Waals surface area contributed by atoms with Crippen molar-refractivity contribution in [3.8, 4) is 17.2 Å². The van der Waals surface area contributed by atoms with E-state index in [1.807, 2.05) is 22.9 Å². The van der Waals surface area contributed by atoms with Crippen LogP contribution in [0.15, 0.2) is 18.2 Å². The second kappa shape index (κ2) is 6.26. The highest BCUT2D eigenvalue weighted by Crippen LogP contribution is 2.38. The molecule has 25 heavy (non-hydrogen) atoms. The lowest BCUT2D eigenvalue weighted by Gasteiger charge is -2.19. The van der Waals surface area contributed by atoms with Crippen LogP contribution in [0.4, 0.5) is 5.82 Å². The van der Waals surface area contributed by atoms with Crippen molar-refractivity contribution < 1.29 is 14.2 Å². The second-order valence-electron chi connectivity index (χ2n) is 6.84. The van der Waals surface area contributed by atoms with Crippen molar-refractivity contribution in [1.82, 2.24) is 9.78 Å². The van der Waals surface area contributed by atoms with Gasteiger partial charge in [0.25, 0.3) is 0 Å². The van der Waals surface area contributed by atoms with Crippen LogP contribution in [-0.4, -0.2) is 36.1 Å². The highest BCUT2D eigenvalue weighted by Gasteiger charge is 2.29. The number of rotatable bonds is 2. The fourth-order valence-corrected chi connectivity index (χ4v) is 3.93. The van der Waals surface area contributed by atoms with Crippen molar-refractivity contribution in [2.24, 2.45) is 0 Å². The number of nitrogens with zero attached hydrogens (tertiary/aromatic N) is 2. The molecule has 0 amide bonds. The zero-order chi connectivity index (χ0) is 16.6. The topological polar surface area (TPSA) is 57.5 Å². The van der Waals surface area contributed by atoms with E-state index in [1.54, 1.807) is 0 Å². The third-order valence-corrected chi connectivity index (χ3v) is 5.17. The van der Waals surface area contributed by atoms with Gasteiger partial charge in [0, 0.05) is 24.8 Å². The number of fused-ring (bicyclic) bond motifs is 2. The summed E-state index contributed by atoms with van der Waals surface area (Å²) >= 11 is 0. The maximum atomic E-state index is 5.94. The number of benzene rings is 1. The Bertz CT molecular complexity index is 780. The zero-order valence-electron chi connectivity index (χ0n) is 14.3. The Balaban J connectivity index is 1.60. The van der Waals surface area contributed by atoms with Crippen LogP contribution < -0.4 is 14.8 Å². The Hall–Kier alpha value is -2.21. The maximum Gasteiger partial charge on any atom is 0.163 e. The predicted molar refractivity (Wildman–Crippen MR) is 93.9 cm³/mol. The highest BCUT2D eigenvalue weighted by molar-refractivity contribution is 5.57. The van der Waals surface area contributed by atoms with Gasteiger partial charge in [0.05, 0.1) is 11.4 Å². The molecule has 0 radical (unpaired) electrons. The van der Waals surface area contributed by atoms with E-state index >= 15 is 0 Å². The summed E-state index contributed by atoms with van der Waals surface area (Å²) in [5, 5.41) is 8.56. The van der Waals surface area contributed by atoms with Gasteiger partial charge < -0.3 is 19.5 Å². The summed E-state index contributed by atoms with van der Waals surface area (Å²) in [6.45, 7) is 3.01. The molecule has 1 fully saturated rings. The standard InChI is InChI=1S/C19H23N3O3/c1-2-8-20-19-14(4-1)18(16-5-3-9-23-16)21-22(19)13-6-7-15-17(12-13)25-11-10-24-15/h6-7,12,16,20H,1-5,8-11H2. The van der Waals surface area contributed by atoms with Crippen LogP contribution in [0.5, 0.6) is 11.5 Å². The van der Waals surface area contributed by atoms with Gasteiger partial charge in [-0.25, -0.2) is 4.68 Å². The summed E-state index contributed by atoms with van der Waals surface area (Å²) in [7, 11) is 0. The number of anilines is 1. The van der Waals surface area contributed by atoms with E-state index in [0.717, 1.165) is 61.1 Å². The molecule has 1 aromatic heterocycles. The van der Waals surface area contributed by atoms with Crippen LogP contribution in [0, 0.1) is 0 Å². The molecule has 0 bridgehead atoms. The minimum Gasteiger partial charge on any atom is -0.486 e. The molecule has 0 aliphatic carbocycles. The molecule has 0 saturated carbocycles. The number of nitrogens with one attached hydrogen (secondary N) is 1. The van der Waals surface area contributed by atoms with Gasteiger partial charge in [-0.3, -0.25) is 0 Å². The Morgan fingerprint density at radius 3 is 2.84 bits per heavy atom. The molecule has 3 aliphatic heterocycles. The summed E-state index contributed by atoms with van der Waals surface area (Å²) in [5.74, 6) is 2.71. The Morgan fingerprint density at radius 2 is 1.96 bits per heavy atom. The SMILES string of the molecule is c1cc2c(cc1-n1nc(C3CCCO3)c3c1NCCCC3)OCCO2. The first-order valence-electron chi connectivity index (χ1n) is 9.27. The number of aromatic nitrogens is 2. The lowest BCUT2D eigenvalue weighted by Crippen LogP contribution is -2.15. The molecule has 5 rings (SSSR count). The number of ether oxygens (including phenoxy) is 3. The molecule has 0 spiro atoms. The number of hydrogen-bond acceptors (Lipinski definition) is 5. The van der Waals surface area contributed by atoms with Crippen molar-refractivity contribution in [1.29, 1.82) is 0 Å². The van der Waals surface area contributed by atoms with Crippen LogP contribution in [0.25, 0.3) is 5.69 Å². The molecule has 3 aliphatic rings. The van der Waals surface area contributed by atoms with E-state index in [-0.39, 0.29) is 6.10 Å². The molecule has 132 valence electrons. The van der Waals surface area contributed by atoms with Gasteiger partial charge in [0.1, 0.15) is 25.1 Å². The molecule has 1 atom stereocenters. The van der Waals surface area contributed by atoms with Crippen LogP contribution in [0.3, 0.4) is 0 Å². The Kier molecular flexibility index (Phi) is 3.77. The first-order valence-corrected chi connectivity index (χ1v) is 9.27. The third-order valence-electron chi connectivity index (χ3n) is 5.17. The van der Waals surface area contributed by atoms with Gasteiger partial charge in [-0.2, -0.15) is 5.10 Å². The lowest BCUT2D eigenvalue weighted by molar-refractivity contribution is 0.107. The van der Waals surface area contributed by atoms with E-state index < -0.39 is 0 Å². The Labute approximate surface area is 147 Å². The fraction of sp³-hybridized carbons (Fsp3) is 0.526. The first kappa shape index (κ1) is 15.1. The molecule has 6 nitrogen and oxygen atoms in total. The van der Waals surface area contributed by atoms with Gasteiger partial charge in [-0.15, -0.1) is 0 Å². The van der Waals surface area contributed by atoms with Crippen molar-refractivity contribution in [3.05, 3.63) is 29.5 Å². The van der Waals surface area contributed by atoms with E-state index in [4.69, 9.17) is 19.3 Å². The minimum atomic E-state index is 0.132. The summed E-state index contributed by atoms with van der Waals surface area (Å²) in [6.07, 6.45) is 5.73. The smallest absolute Gasteiger partial charge is 0.163 e. The van der Waals surface area contributed by atoms with E-state index in [9.17, 15) is 0 Å². The fourth-order valence-electron chi connectivity index (χ4n) is 3.93. The molecule has 1 unspecified atom stereocenters. The highest BCUT2D eigenvalue weighted by atomic mass is 16.6. The van der Waals surface area contributed by atoms with Crippen molar-refractivity contribution in [3.63, 3.8) is 0 Å². The van der Waals surface area contributed by atoms with Crippen molar-refractivity contribution in [2.75, 3.05) is 31.7 Å². The first-order chi connectivity index (χ1) is 12.4. The van der Waals surface area contributed by atoms with Gasteiger partial charge in [-0.05, 0) is 44.2 Å². The molecular weight excluding hydrogens is 318 g/mol. The molecule has 1 N–H and O–H groups in total. The average Bonchev–Trinajstić information content (AvgIpc) is 3.23. The average molecular weight is 341 g/mol. The van der Waals surface area contributed by atoms with E-state index in [2.05, 4.69) is 5.32 Å². The maximum absolute atomic E-state index is 5.94. The third kappa shape index (κ3) is 2.65. The summed E-state index contributed by atoms with van der Waals surface area (Å²) in [4.78, 5) is 0. The lowest BCUT2D eigenvalue weighted by atomic mass is 10.0.